The average Bonchev–Trinajstić information content (AvgIpc) is 3.07. The van der Waals surface area contributed by atoms with Crippen LogP contribution >= 0.6 is 0 Å². The standard InChI is InChI=1S/C25H37N3O3/c1-24(2,3)17-25(4,5)26-22(30)18-11-13-27(14-12-18)23(31)19-15-21(29)28(16-19)20-9-7-6-8-10-20/h6-10,18-19H,11-17H2,1-5H3,(H,26,30). The lowest BCUT2D eigenvalue weighted by Crippen LogP contribution is -2.51. The van der Waals surface area contributed by atoms with E-state index in [0.29, 0.717) is 32.5 Å². The van der Waals surface area contributed by atoms with Crippen LogP contribution in [0.4, 0.5) is 5.69 Å². The third-order valence-corrected chi connectivity index (χ3v) is 6.15. The zero-order valence-electron chi connectivity index (χ0n) is 19.6. The van der Waals surface area contributed by atoms with Gasteiger partial charge in [-0.05, 0) is 50.7 Å². The number of piperidine rings is 1. The fourth-order valence-corrected chi connectivity index (χ4v) is 5.16. The Bertz CT molecular complexity index is 805. The Morgan fingerprint density at radius 1 is 1.00 bits per heavy atom. The number of likely N-dealkylation sites (tertiary alicyclic amines) is 1. The highest BCUT2D eigenvalue weighted by Gasteiger charge is 2.39. The van der Waals surface area contributed by atoms with Crippen molar-refractivity contribution in [3.8, 4) is 0 Å². The highest BCUT2D eigenvalue weighted by molar-refractivity contribution is 6.00. The Morgan fingerprint density at radius 2 is 1.61 bits per heavy atom. The van der Waals surface area contributed by atoms with Crippen LogP contribution in [0.15, 0.2) is 30.3 Å². The molecule has 2 aliphatic rings. The quantitative estimate of drug-likeness (QED) is 0.780. The molecule has 2 heterocycles. The van der Waals surface area contributed by atoms with Gasteiger partial charge in [-0.3, -0.25) is 14.4 Å². The average molecular weight is 428 g/mol. The van der Waals surface area contributed by atoms with Crippen LogP contribution in [0.5, 0.6) is 0 Å². The number of rotatable bonds is 5. The Balaban J connectivity index is 1.51. The number of benzene rings is 1. The van der Waals surface area contributed by atoms with Gasteiger partial charge in [-0.25, -0.2) is 0 Å². The number of hydrogen-bond donors (Lipinski definition) is 1. The second kappa shape index (κ2) is 9.01. The summed E-state index contributed by atoms with van der Waals surface area (Å²) in [7, 11) is 0. The molecule has 2 saturated heterocycles. The van der Waals surface area contributed by atoms with Crippen molar-refractivity contribution >= 4 is 23.4 Å². The van der Waals surface area contributed by atoms with Crippen LogP contribution in [0.3, 0.4) is 0 Å². The largest absolute Gasteiger partial charge is 0.351 e. The van der Waals surface area contributed by atoms with Gasteiger partial charge in [-0.15, -0.1) is 0 Å². The molecule has 0 saturated carbocycles. The van der Waals surface area contributed by atoms with Crippen molar-refractivity contribution in [2.75, 3.05) is 24.5 Å². The summed E-state index contributed by atoms with van der Waals surface area (Å²) in [5, 5.41) is 3.22. The van der Waals surface area contributed by atoms with Crippen LogP contribution in [-0.2, 0) is 14.4 Å². The van der Waals surface area contributed by atoms with Gasteiger partial charge in [0.25, 0.3) is 0 Å². The maximum absolute atomic E-state index is 13.0. The first-order chi connectivity index (χ1) is 14.5. The molecule has 1 unspecified atom stereocenters. The van der Waals surface area contributed by atoms with Crippen LogP contribution in [0.1, 0.15) is 60.3 Å². The van der Waals surface area contributed by atoms with E-state index in [1.165, 1.54) is 0 Å². The summed E-state index contributed by atoms with van der Waals surface area (Å²) < 4.78 is 0. The highest BCUT2D eigenvalue weighted by atomic mass is 16.2. The van der Waals surface area contributed by atoms with Gasteiger partial charge in [-0.2, -0.15) is 0 Å². The molecule has 0 spiro atoms. The predicted molar refractivity (Wildman–Crippen MR) is 122 cm³/mol. The summed E-state index contributed by atoms with van der Waals surface area (Å²) in [5.74, 6) is -0.232. The monoisotopic (exact) mass is 427 g/mol. The number of nitrogens with zero attached hydrogens (tertiary/aromatic N) is 2. The second-order valence-electron chi connectivity index (χ2n) is 11.0. The van der Waals surface area contributed by atoms with E-state index < -0.39 is 0 Å². The molecule has 1 aromatic carbocycles. The number of para-hydroxylation sites is 1. The minimum Gasteiger partial charge on any atom is -0.351 e. The smallest absolute Gasteiger partial charge is 0.228 e. The lowest BCUT2D eigenvalue weighted by atomic mass is 9.81. The minimum atomic E-state index is -0.302. The molecule has 0 aliphatic carbocycles. The Hall–Kier alpha value is -2.37. The molecule has 2 aliphatic heterocycles. The topological polar surface area (TPSA) is 69.7 Å². The summed E-state index contributed by atoms with van der Waals surface area (Å²) in [4.78, 5) is 41.8. The van der Waals surface area contributed by atoms with E-state index >= 15 is 0 Å². The molecule has 1 aromatic rings. The maximum Gasteiger partial charge on any atom is 0.228 e. The van der Waals surface area contributed by atoms with Crippen LogP contribution in [-0.4, -0.2) is 47.8 Å². The Morgan fingerprint density at radius 3 is 2.19 bits per heavy atom. The van der Waals surface area contributed by atoms with Gasteiger partial charge < -0.3 is 15.1 Å². The molecule has 3 rings (SSSR count). The van der Waals surface area contributed by atoms with Gasteiger partial charge in [0.1, 0.15) is 0 Å². The van der Waals surface area contributed by atoms with Crippen LogP contribution in [0.25, 0.3) is 0 Å². The molecular formula is C25H37N3O3. The van der Waals surface area contributed by atoms with Gasteiger partial charge >= 0.3 is 0 Å². The van der Waals surface area contributed by atoms with E-state index in [2.05, 4.69) is 39.9 Å². The van der Waals surface area contributed by atoms with E-state index in [9.17, 15) is 14.4 Å². The fourth-order valence-electron chi connectivity index (χ4n) is 5.16. The van der Waals surface area contributed by atoms with Gasteiger partial charge in [-0.1, -0.05) is 39.0 Å². The molecule has 0 radical (unpaired) electrons. The molecule has 6 nitrogen and oxygen atoms in total. The number of anilines is 1. The third kappa shape index (κ3) is 6.08. The van der Waals surface area contributed by atoms with Crippen LogP contribution < -0.4 is 10.2 Å². The molecule has 170 valence electrons. The highest BCUT2D eigenvalue weighted by Crippen LogP contribution is 2.29. The lowest BCUT2D eigenvalue weighted by Gasteiger charge is -2.37. The van der Waals surface area contributed by atoms with Crippen LogP contribution in [0.2, 0.25) is 0 Å². The van der Waals surface area contributed by atoms with E-state index in [-0.39, 0.29) is 46.9 Å². The van der Waals surface area contributed by atoms with Crippen molar-refractivity contribution in [3.05, 3.63) is 30.3 Å². The van der Waals surface area contributed by atoms with Crippen molar-refractivity contribution in [2.24, 2.45) is 17.3 Å². The second-order valence-corrected chi connectivity index (χ2v) is 11.0. The zero-order valence-corrected chi connectivity index (χ0v) is 19.6. The number of carbonyl (C=O) groups is 3. The minimum absolute atomic E-state index is 0.0000986. The molecule has 0 bridgehead atoms. The summed E-state index contributed by atoms with van der Waals surface area (Å²) in [5.41, 5.74) is 0.725. The zero-order chi connectivity index (χ0) is 22.8. The summed E-state index contributed by atoms with van der Waals surface area (Å²) in [6.45, 7) is 12.3. The first kappa shape index (κ1) is 23.3. The molecule has 3 amide bonds. The normalized spacial score (nSPS) is 20.8. The predicted octanol–water partition coefficient (Wildman–Crippen LogP) is 3.61. The maximum atomic E-state index is 13.0. The molecule has 1 N–H and O–H groups in total. The van der Waals surface area contributed by atoms with Crippen LogP contribution in [0, 0.1) is 17.3 Å². The number of nitrogens with one attached hydrogen (secondary N) is 1. The molecule has 6 heteroatoms. The SMILES string of the molecule is CC(C)(C)CC(C)(C)NC(=O)C1CCN(C(=O)C2CC(=O)N(c3ccccc3)C2)CC1. The third-order valence-electron chi connectivity index (χ3n) is 6.15. The molecule has 1 atom stereocenters. The molecule has 2 fully saturated rings. The van der Waals surface area contributed by atoms with Crippen molar-refractivity contribution in [1.29, 1.82) is 0 Å². The van der Waals surface area contributed by atoms with Gasteiger partial charge in [0, 0.05) is 43.2 Å². The molecule has 31 heavy (non-hydrogen) atoms. The van der Waals surface area contributed by atoms with Crippen molar-refractivity contribution in [3.63, 3.8) is 0 Å². The molecule has 0 aromatic heterocycles. The van der Waals surface area contributed by atoms with Gasteiger partial charge in [0.2, 0.25) is 17.7 Å². The summed E-state index contributed by atoms with van der Waals surface area (Å²) in [6.07, 6.45) is 2.50. The number of carbonyl (C=O) groups excluding carboxylic acids is 3. The Kier molecular flexibility index (Phi) is 6.77. The number of hydrogen-bond acceptors (Lipinski definition) is 3. The number of amides is 3. The van der Waals surface area contributed by atoms with Crippen molar-refractivity contribution in [1.82, 2.24) is 10.2 Å². The van der Waals surface area contributed by atoms with E-state index in [1.807, 2.05) is 35.2 Å². The van der Waals surface area contributed by atoms with E-state index in [0.717, 1.165) is 12.1 Å². The first-order valence-corrected chi connectivity index (χ1v) is 11.4. The first-order valence-electron chi connectivity index (χ1n) is 11.4. The summed E-state index contributed by atoms with van der Waals surface area (Å²) >= 11 is 0. The van der Waals surface area contributed by atoms with Gasteiger partial charge in [0.05, 0.1) is 5.92 Å². The van der Waals surface area contributed by atoms with Crippen molar-refractivity contribution < 1.29 is 14.4 Å². The fraction of sp³-hybridized carbons (Fsp3) is 0.640. The molecular weight excluding hydrogens is 390 g/mol. The summed E-state index contributed by atoms with van der Waals surface area (Å²) in [6, 6.07) is 9.51. The van der Waals surface area contributed by atoms with E-state index in [1.54, 1.807) is 4.90 Å². The lowest BCUT2D eigenvalue weighted by molar-refractivity contribution is -0.139. The van der Waals surface area contributed by atoms with E-state index in [4.69, 9.17) is 0 Å². The van der Waals surface area contributed by atoms with Gasteiger partial charge in [0.15, 0.2) is 0 Å². The Labute approximate surface area is 186 Å². The van der Waals surface area contributed by atoms with Crippen molar-refractivity contribution in [2.45, 2.75) is 65.8 Å².